The smallest absolute Gasteiger partial charge is 0.325 e. The number of aromatic nitrogens is 4. The first-order chi connectivity index (χ1) is 9.47. The summed E-state index contributed by atoms with van der Waals surface area (Å²) in [5.74, 6) is -0.222. The summed E-state index contributed by atoms with van der Waals surface area (Å²) in [5, 5.41) is 6.56. The molecule has 0 aliphatic heterocycles. The molecule has 2 aromatic heterocycles. The fraction of sp³-hybridized carbons (Fsp3) is 0.333. The minimum absolute atomic E-state index is 0.0669. The van der Waals surface area contributed by atoms with Gasteiger partial charge < -0.3 is 9.88 Å². The maximum atomic E-state index is 12.1. The van der Waals surface area contributed by atoms with Crippen molar-refractivity contribution in [3.8, 4) is 0 Å². The van der Waals surface area contributed by atoms with E-state index in [-0.39, 0.29) is 17.9 Å². The summed E-state index contributed by atoms with van der Waals surface area (Å²) in [7, 11) is 1.64. The third-order valence-corrected chi connectivity index (χ3v) is 2.97. The highest BCUT2D eigenvalue weighted by atomic mass is 16.2. The van der Waals surface area contributed by atoms with Gasteiger partial charge >= 0.3 is 5.69 Å². The molecule has 0 atom stereocenters. The number of aromatic amines is 3. The van der Waals surface area contributed by atoms with Crippen LogP contribution in [-0.4, -0.2) is 38.0 Å². The van der Waals surface area contributed by atoms with Gasteiger partial charge in [0.25, 0.3) is 5.56 Å². The normalized spacial score (nSPS) is 10.5. The highest BCUT2D eigenvalue weighted by molar-refractivity contribution is 5.78. The van der Waals surface area contributed by atoms with Crippen LogP contribution in [0, 0.1) is 6.92 Å². The van der Waals surface area contributed by atoms with Crippen molar-refractivity contribution in [1.29, 1.82) is 0 Å². The average molecular weight is 277 g/mol. The van der Waals surface area contributed by atoms with Crippen LogP contribution in [0.5, 0.6) is 0 Å². The van der Waals surface area contributed by atoms with Gasteiger partial charge in [-0.1, -0.05) is 0 Å². The molecule has 2 heterocycles. The first kappa shape index (κ1) is 13.8. The molecule has 106 valence electrons. The van der Waals surface area contributed by atoms with Crippen LogP contribution in [0.4, 0.5) is 0 Å². The van der Waals surface area contributed by atoms with Crippen LogP contribution in [0.25, 0.3) is 0 Å². The van der Waals surface area contributed by atoms with Crippen LogP contribution in [0.3, 0.4) is 0 Å². The lowest BCUT2D eigenvalue weighted by atomic mass is 10.1. The lowest BCUT2D eigenvalue weighted by molar-refractivity contribution is -0.129. The van der Waals surface area contributed by atoms with Crippen molar-refractivity contribution in [3.05, 3.63) is 50.1 Å². The number of aryl methyl sites for hydroxylation is 1. The van der Waals surface area contributed by atoms with Crippen molar-refractivity contribution in [2.24, 2.45) is 0 Å². The van der Waals surface area contributed by atoms with E-state index in [1.165, 1.54) is 4.90 Å². The van der Waals surface area contributed by atoms with E-state index in [9.17, 15) is 14.4 Å². The van der Waals surface area contributed by atoms with Gasteiger partial charge in [0.1, 0.15) is 0 Å². The van der Waals surface area contributed by atoms with Crippen LogP contribution < -0.4 is 11.2 Å². The molecule has 1 amide bonds. The Bertz CT molecular complexity index is 713. The zero-order chi connectivity index (χ0) is 14.7. The van der Waals surface area contributed by atoms with Crippen LogP contribution in [0.15, 0.2) is 21.9 Å². The molecule has 0 saturated heterocycles. The van der Waals surface area contributed by atoms with E-state index >= 15 is 0 Å². The van der Waals surface area contributed by atoms with Crippen LogP contribution in [-0.2, 0) is 17.8 Å². The van der Waals surface area contributed by atoms with Crippen molar-refractivity contribution < 1.29 is 4.79 Å². The van der Waals surface area contributed by atoms with Crippen LogP contribution >= 0.6 is 0 Å². The number of nitrogens with zero attached hydrogens (tertiary/aromatic N) is 2. The van der Waals surface area contributed by atoms with Crippen molar-refractivity contribution >= 4 is 5.91 Å². The molecule has 0 aliphatic carbocycles. The molecule has 0 bridgehead atoms. The standard InChI is InChI=1S/C12H15N5O3/c1-7-9(11(19)15-12(20)14-7)5-10(18)17(2)6-8-3-4-13-16-8/h3-4H,5-6H2,1-2H3,(H,13,16)(H2,14,15,19,20). The third-order valence-electron chi connectivity index (χ3n) is 2.97. The molecular weight excluding hydrogens is 262 g/mol. The molecule has 2 aromatic rings. The number of carbonyl (C=O) groups is 1. The lowest BCUT2D eigenvalue weighted by Gasteiger charge is -2.16. The summed E-state index contributed by atoms with van der Waals surface area (Å²) in [6, 6.07) is 1.77. The maximum Gasteiger partial charge on any atom is 0.325 e. The molecule has 0 radical (unpaired) electrons. The fourth-order valence-electron chi connectivity index (χ4n) is 1.84. The predicted molar refractivity (Wildman–Crippen MR) is 71.2 cm³/mol. The molecule has 8 nitrogen and oxygen atoms in total. The fourth-order valence-corrected chi connectivity index (χ4v) is 1.84. The molecule has 3 N–H and O–H groups in total. The van der Waals surface area contributed by atoms with Crippen LogP contribution in [0.2, 0.25) is 0 Å². The highest BCUT2D eigenvalue weighted by Gasteiger charge is 2.15. The number of hydrogen-bond acceptors (Lipinski definition) is 4. The molecule has 0 unspecified atom stereocenters. The molecule has 0 saturated carbocycles. The molecular formula is C12H15N5O3. The first-order valence-corrected chi connectivity index (χ1v) is 6.01. The second kappa shape index (κ2) is 5.55. The number of amides is 1. The minimum atomic E-state index is -0.575. The summed E-state index contributed by atoms with van der Waals surface area (Å²) in [5.41, 5.74) is 0.366. The van der Waals surface area contributed by atoms with Gasteiger partial charge in [0.05, 0.1) is 18.7 Å². The molecule has 8 heteroatoms. The lowest BCUT2D eigenvalue weighted by Crippen LogP contribution is -2.33. The molecule has 20 heavy (non-hydrogen) atoms. The number of hydrogen-bond donors (Lipinski definition) is 3. The predicted octanol–water partition coefficient (Wildman–Crippen LogP) is -0.704. The molecule has 0 fully saturated rings. The van der Waals surface area contributed by atoms with Gasteiger partial charge in [-0.3, -0.25) is 19.7 Å². The van der Waals surface area contributed by atoms with E-state index in [1.54, 1.807) is 26.2 Å². The second-order valence-corrected chi connectivity index (χ2v) is 4.52. The number of carbonyl (C=O) groups excluding carboxylic acids is 1. The molecule has 0 aliphatic rings. The Balaban J connectivity index is 2.12. The molecule has 2 rings (SSSR count). The van der Waals surface area contributed by atoms with E-state index in [1.807, 2.05) is 0 Å². The summed E-state index contributed by atoms with van der Waals surface area (Å²) >= 11 is 0. The van der Waals surface area contributed by atoms with Gasteiger partial charge in [0, 0.05) is 24.5 Å². The summed E-state index contributed by atoms with van der Waals surface area (Å²) in [4.78, 5) is 40.9. The van der Waals surface area contributed by atoms with Gasteiger partial charge in [-0.25, -0.2) is 4.79 Å². The summed E-state index contributed by atoms with van der Waals surface area (Å²) < 4.78 is 0. The van der Waals surface area contributed by atoms with Gasteiger partial charge in [-0.15, -0.1) is 0 Å². The summed E-state index contributed by atoms with van der Waals surface area (Å²) in [6.07, 6.45) is 1.53. The van der Waals surface area contributed by atoms with Crippen molar-refractivity contribution in [2.75, 3.05) is 7.05 Å². The maximum absolute atomic E-state index is 12.1. The largest absolute Gasteiger partial charge is 0.340 e. The van der Waals surface area contributed by atoms with E-state index in [4.69, 9.17) is 0 Å². The monoisotopic (exact) mass is 277 g/mol. The van der Waals surface area contributed by atoms with Crippen molar-refractivity contribution in [1.82, 2.24) is 25.1 Å². The average Bonchev–Trinajstić information content (AvgIpc) is 2.86. The van der Waals surface area contributed by atoms with E-state index in [0.717, 1.165) is 5.69 Å². The Morgan fingerprint density at radius 3 is 2.70 bits per heavy atom. The van der Waals surface area contributed by atoms with Gasteiger partial charge in [0.15, 0.2) is 0 Å². The topological polar surface area (TPSA) is 115 Å². The van der Waals surface area contributed by atoms with E-state index < -0.39 is 11.2 Å². The summed E-state index contributed by atoms with van der Waals surface area (Å²) in [6.45, 7) is 1.97. The SMILES string of the molecule is Cc1[nH]c(=O)[nH]c(=O)c1CC(=O)N(C)Cc1ccn[nH]1. The highest BCUT2D eigenvalue weighted by Crippen LogP contribution is 2.03. The number of likely N-dealkylation sites (N-methyl/N-ethyl adjacent to an activating group) is 1. The zero-order valence-corrected chi connectivity index (χ0v) is 11.2. The Morgan fingerprint density at radius 2 is 2.10 bits per heavy atom. The minimum Gasteiger partial charge on any atom is -0.340 e. The van der Waals surface area contributed by atoms with E-state index in [0.29, 0.717) is 12.2 Å². The Kier molecular flexibility index (Phi) is 3.83. The number of nitrogens with one attached hydrogen (secondary N) is 3. The Labute approximate surface area is 113 Å². The van der Waals surface area contributed by atoms with Gasteiger partial charge in [-0.2, -0.15) is 5.10 Å². The Morgan fingerprint density at radius 1 is 1.35 bits per heavy atom. The van der Waals surface area contributed by atoms with E-state index in [2.05, 4.69) is 20.2 Å². The third kappa shape index (κ3) is 3.02. The molecule has 0 aromatic carbocycles. The first-order valence-electron chi connectivity index (χ1n) is 6.01. The van der Waals surface area contributed by atoms with Crippen molar-refractivity contribution in [2.45, 2.75) is 19.9 Å². The van der Waals surface area contributed by atoms with Gasteiger partial charge in [0.2, 0.25) is 5.91 Å². The molecule has 0 spiro atoms. The van der Waals surface area contributed by atoms with Crippen LogP contribution in [0.1, 0.15) is 17.0 Å². The Hall–Kier alpha value is -2.64. The second-order valence-electron chi connectivity index (χ2n) is 4.52. The van der Waals surface area contributed by atoms with Gasteiger partial charge in [-0.05, 0) is 13.0 Å². The number of rotatable bonds is 4. The van der Waals surface area contributed by atoms with Crippen molar-refractivity contribution in [3.63, 3.8) is 0 Å². The zero-order valence-electron chi connectivity index (χ0n) is 11.2. The quantitative estimate of drug-likeness (QED) is 0.685. The number of H-pyrrole nitrogens is 3.